The summed E-state index contributed by atoms with van der Waals surface area (Å²) >= 11 is 14.4. The van der Waals surface area contributed by atoms with Crippen LogP contribution in [0.25, 0.3) is 0 Å². The third kappa shape index (κ3) is 2.97. The number of hydrogen-bond acceptors (Lipinski definition) is 1. The van der Waals surface area contributed by atoms with Crippen molar-refractivity contribution in [1.29, 1.82) is 0 Å². The van der Waals surface area contributed by atoms with Crippen molar-refractivity contribution >= 4 is 44.4 Å². The van der Waals surface area contributed by atoms with Crippen molar-refractivity contribution in [2.45, 2.75) is 12.8 Å². The molecule has 1 aromatic rings. The maximum atomic E-state index is 11.2. The first-order valence-corrected chi connectivity index (χ1v) is 5.90. The highest BCUT2D eigenvalue weighted by molar-refractivity contribution is 9.10. The van der Waals surface area contributed by atoms with Crippen LogP contribution in [0.15, 0.2) is 22.7 Å². The molecule has 0 fully saturated rings. The van der Waals surface area contributed by atoms with E-state index in [0.29, 0.717) is 11.4 Å². The zero-order valence-electron chi connectivity index (χ0n) is 7.40. The molecule has 0 bridgehead atoms. The van der Waals surface area contributed by atoms with Gasteiger partial charge in [-0.25, -0.2) is 0 Å². The fourth-order valence-electron chi connectivity index (χ4n) is 1.25. The van der Waals surface area contributed by atoms with E-state index in [-0.39, 0.29) is 0 Å². The van der Waals surface area contributed by atoms with Crippen LogP contribution >= 0.6 is 39.1 Å². The third-order valence-electron chi connectivity index (χ3n) is 1.88. The van der Waals surface area contributed by atoms with E-state index in [1.165, 1.54) is 0 Å². The molecule has 4 heteroatoms. The molecular formula is C10H9BrCl2O. The second-order valence-corrected chi connectivity index (χ2v) is 4.42. The van der Waals surface area contributed by atoms with Gasteiger partial charge in [-0.3, -0.25) is 4.79 Å². The van der Waals surface area contributed by atoms with Crippen molar-refractivity contribution < 1.29 is 4.79 Å². The Labute approximate surface area is 102 Å². The molecule has 0 atom stereocenters. The molecule has 0 N–H and O–H groups in total. The number of aryl methyl sites for hydroxylation is 1. The molecule has 0 aromatic heterocycles. The quantitative estimate of drug-likeness (QED) is 0.606. The van der Waals surface area contributed by atoms with Crippen LogP contribution in [0.2, 0.25) is 0 Å². The number of halogens is 3. The summed E-state index contributed by atoms with van der Waals surface area (Å²) in [5.41, 5.74) is 1.50. The lowest BCUT2D eigenvalue weighted by Gasteiger charge is -2.06. The zero-order valence-corrected chi connectivity index (χ0v) is 10.5. The summed E-state index contributed by atoms with van der Waals surface area (Å²) in [7, 11) is 0. The van der Waals surface area contributed by atoms with E-state index < -0.39 is 5.24 Å². The predicted octanol–water partition coefficient (Wildman–Crippen LogP) is 4.00. The molecule has 0 amide bonds. The smallest absolute Gasteiger partial charge is 0.253 e. The highest BCUT2D eigenvalue weighted by Crippen LogP contribution is 2.23. The van der Waals surface area contributed by atoms with Crippen LogP contribution in [-0.2, 0) is 6.42 Å². The fraction of sp³-hybridized carbons (Fsp3) is 0.300. The Morgan fingerprint density at radius 2 is 2.14 bits per heavy atom. The summed E-state index contributed by atoms with van der Waals surface area (Å²) in [4.78, 5) is 11.2. The van der Waals surface area contributed by atoms with Crippen LogP contribution in [0, 0.1) is 0 Å². The molecule has 0 heterocycles. The second-order valence-electron chi connectivity index (χ2n) is 2.84. The maximum Gasteiger partial charge on any atom is 0.253 e. The van der Waals surface area contributed by atoms with Gasteiger partial charge in [0.1, 0.15) is 0 Å². The molecule has 0 radical (unpaired) electrons. The SMILES string of the molecule is O=C(Cl)c1c(Br)cccc1CCCCl. The Bertz CT molecular complexity index is 339. The first-order valence-electron chi connectivity index (χ1n) is 4.20. The summed E-state index contributed by atoms with van der Waals surface area (Å²) in [5.74, 6) is 0.586. The van der Waals surface area contributed by atoms with Gasteiger partial charge in [0.15, 0.2) is 0 Å². The zero-order chi connectivity index (χ0) is 10.6. The van der Waals surface area contributed by atoms with E-state index in [2.05, 4.69) is 15.9 Å². The second kappa shape index (κ2) is 5.74. The van der Waals surface area contributed by atoms with Gasteiger partial charge in [-0.2, -0.15) is 0 Å². The van der Waals surface area contributed by atoms with E-state index in [9.17, 15) is 4.79 Å². The van der Waals surface area contributed by atoms with Crippen molar-refractivity contribution in [3.63, 3.8) is 0 Å². The van der Waals surface area contributed by atoms with Gasteiger partial charge in [-0.1, -0.05) is 12.1 Å². The van der Waals surface area contributed by atoms with Crippen LogP contribution in [0.1, 0.15) is 22.3 Å². The van der Waals surface area contributed by atoms with E-state index in [1.54, 1.807) is 6.07 Å². The van der Waals surface area contributed by atoms with Gasteiger partial charge >= 0.3 is 0 Å². The van der Waals surface area contributed by atoms with Crippen molar-refractivity contribution in [3.8, 4) is 0 Å². The van der Waals surface area contributed by atoms with Gasteiger partial charge in [-0.15, -0.1) is 11.6 Å². The molecular weight excluding hydrogens is 287 g/mol. The Hall–Kier alpha value is -0.0500. The Morgan fingerprint density at radius 3 is 2.71 bits per heavy atom. The minimum atomic E-state index is -0.429. The minimum absolute atomic E-state index is 0.429. The standard InChI is InChI=1S/C10H9BrCl2O/c11-8-5-1-3-7(4-2-6-12)9(8)10(13)14/h1,3,5H,2,4,6H2. The van der Waals surface area contributed by atoms with Crippen molar-refractivity contribution in [3.05, 3.63) is 33.8 Å². The van der Waals surface area contributed by atoms with Gasteiger partial charge in [0.25, 0.3) is 5.24 Å². The Balaban J connectivity index is 3.02. The van der Waals surface area contributed by atoms with Crippen LogP contribution in [0.3, 0.4) is 0 Å². The monoisotopic (exact) mass is 294 g/mol. The third-order valence-corrected chi connectivity index (χ3v) is 2.99. The summed E-state index contributed by atoms with van der Waals surface area (Å²) in [6.07, 6.45) is 1.62. The van der Waals surface area contributed by atoms with E-state index in [4.69, 9.17) is 23.2 Å². The van der Waals surface area contributed by atoms with Crippen molar-refractivity contribution in [2.75, 3.05) is 5.88 Å². The van der Waals surface area contributed by atoms with Crippen LogP contribution in [0.5, 0.6) is 0 Å². The number of carbonyl (C=O) groups excluding carboxylic acids is 1. The van der Waals surface area contributed by atoms with Gasteiger partial charge in [0.05, 0.1) is 5.56 Å². The molecule has 14 heavy (non-hydrogen) atoms. The number of benzene rings is 1. The topological polar surface area (TPSA) is 17.1 Å². The van der Waals surface area contributed by atoms with E-state index >= 15 is 0 Å². The first kappa shape index (κ1) is 12.0. The minimum Gasteiger partial charge on any atom is -0.276 e. The molecule has 0 unspecified atom stereocenters. The summed E-state index contributed by atoms with van der Waals surface area (Å²) in [5, 5.41) is -0.429. The Morgan fingerprint density at radius 1 is 1.43 bits per heavy atom. The molecule has 0 spiro atoms. The van der Waals surface area contributed by atoms with Crippen LogP contribution in [-0.4, -0.2) is 11.1 Å². The number of hydrogen-bond donors (Lipinski definition) is 0. The van der Waals surface area contributed by atoms with Gasteiger partial charge in [0, 0.05) is 10.4 Å². The molecule has 0 saturated carbocycles. The molecule has 1 aromatic carbocycles. The normalized spacial score (nSPS) is 10.2. The molecule has 1 nitrogen and oxygen atoms in total. The number of alkyl halides is 1. The Kier molecular flexibility index (Phi) is 4.93. The van der Waals surface area contributed by atoms with Crippen molar-refractivity contribution in [2.24, 2.45) is 0 Å². The molecule has 0 aliphatic rings. The van der Waals surface area contributed by atoms with Gasteiger partial charge in [0.2, 0.25) is 0 Å². The molecule has 76 valence electrons. The summed E-state index contributed by atoms with van der Waals surface area (Å²) in [6, 6.07) is 5.59. The average molecular weight is 296 g/mol. The first-order chi connectivity index (χ1) is 6.66. The van der Waals surface area contributed by atoms with Crippen LogP contribution in [0.4, 0.5) is 0 Å². The van der Waals surface area contributed by atoms with E-state index in [1.807, 2.05) is 12.1 Å². The van der Waals surface area contributed by atoms with Crippen LogP contribution < -0.4 is 0 Å². The summed E-state index contributed by atoms with van der Waals surface area (Å²) in [6.45, 7) is 0. The molecule has 0 aliphatic heterocycles. The summed E-state index contributed by atoms with van der Waals surface area (Å²) < 4.78 is 0.740. The average Bonchev–Trinajstić information content (AvgIpc) is 2.14. The lowest BCUT2D eigenvalue weighted by atomic mass is 10.0. The molecule has 1 rings (SSSR count). The van der Waals surface area contributed by atoms with Gasteiger partial charge in [-0.05, 0) is 52.0 Å². The van der Waals surface area contributed by atoms with Crippen molar-refractivity contribution in [1.82, 2.24) is 0 Å². The van der Waals surface area contributed by atoms with E-state index in [0.717, 1.165) is 22.9 Å². The molecule has 0 saturated heterocycles. The fourth-order valence-corrected chi connectivity index (χ4v) is 2.31. The molecule has 0 aliphatic carbocycles. The highest BCUT2D eigenvalue weighted by Gasteiger charge is 2.11. The van der Waals surface area contributed by atoms with Gasteiger partial charge < -0.3 is 0 Å². The predicted molar refractivity (Wildman–Crippen MR) is 63.4 cm³/mol. The largest absolute Gasteiger partial charge is 0.276 e. The highest BCUT2D eigenvalue weighted by atomic mass is 79.9. The lowest BCUT2D eigenvalue weighted by Crippen LogP contribution is -1.99. The maximum absolute atomic E-state index is 11.2. The number of rotatable bonds is 4. The number of carbonyl (C=O) groups is 1. The lowest BCUT2D eigenvalue weighted by molar-refractivity contribution is 0.108.